The van der Waals surface area contributed by atoms with Crippen molar-refractivity contribution < 1.29 is 18.8 Å². The van der Waals surface area contributed by atoms with Gasteiger partial charge in [-0.2, -0.15) is 0 Å². The van der Waals surface area contributed by atoms with Gasteiger partial charge in [0.1, 0.15) is 12.4 Å². The summed E-state index contributed by atoms with van der Waals surface area (Å²) < 4.78 is 18.0. The van der Waals surface area contributed by atoms with Crippen molar-refractivity contribution >= 4 is 18.5 Å². The lowest BCUT2D eigenvalue weighted by molar-refractivity contribution is -0.117. The number of hydrogen-bond donors (Lipinski definition) is 1. The van der Waals surface area contributed by atoms with Crippen molar-refractivity contribution in [3.63, 3.8) is 0 Å². The first kappa shape index (κ1) is 16.1. The topological polar surface area (TPSA) is 56.8 Å². The highest BCUT2D eigenvalue weighted by Gasteiger charge is 2.53. The Balaban J connectivity index is 1.90. The molecule has 2 aliphatic rings. The van der Waals surface area contributed by atoms with Crippen LogP contribution in [0.1, 0.15) is 39.3 Å². The fourth-order valence-corrected chi connectivity index (χ4v) is 2.78. The third-order valence-electron chi connectivity index (χ3n) is 4.85. The van der Waals surface area contributed by atoms with Gasteiger partial charge in [-0.3, -0.25) is 4.79 Å². The highest BCUT2D eigenvalue weighted by atomic mass is 16.7. The van der Waals surface area contributed by atoms with Crippen LogP contribution in [0.15, 0.2) is 30.9 Å². The van der Waals surface area contributed by atoms with E-state index in [1.165, 1.54) is 6.08 Å². The van der Waals surface area contributed by atoms with Gasteiger partial charge in [-0.15, -0.1) is 0 Å². The summed E-state index contributed by atoms with van der Waals surface area (Å²) in [6.07, 6.45) is 1.26. The molecule has 1 atom stereocenters. The summed E-state index contributed by atoms with van der Waals surface area (Å²) in [5.74, 6) is 0.521. The second-order valence-corrected chi connectivity index (χ2v) is 6.93. The van der Waals surface area contributed by atoms with E-state index in [1.54, 1.807) is 0 Å². The summed E-state index contributed by atoms with van der Waals surface area (Å²) in [7, 11) is -0.483. The average Bonchev–Trinajstić information content (AvgIpc) is 2.97. The number of carbonyl (C=O) groups is 1. The second kappa shape index (κ2) is 5.39. The van der Waals surface area contributed by atoms with E-state index < -0.39 is 18.3 Å². The summed E-state index contributed by atoms with van der Waals surface area (Å²) in [5.41, 5.74) is 0.981. The van der Waals surface area contributed by atoms with Crippen LogP contribution in [0.4, 0.5) is 0 Å². The number of carbonyl (C=O) groups excluding carboxylic acids is 1. The van der Waals surface area contributed by atoms with E-state index in [9.17, 15) is 4.79 Å². The number of nitrogens with one attached hydrogen (secondary N) is 1. The van der Waals surface area contributed by atoms with E-state index in [0.717, 1.165) is 16.8 Å². The van der Waals surface area contributed by atoms with Crippen LogP contribution in [-0.4, -0.2) is 30.8 Å². The predicted octanol–water partition coefficient (Wildman–Crippen LogP) is 1.72. The fraction of sp³-hybridized carbons (Fsp3) is 0.471. The molecule has 0 spiro atoms. The van der Waals surface area contributed by atoms with Crippen LogP contribution < -0.4 is 15.5 Å². The molecule has 1 saturated heterocycles. The van der Waals surface area contributed by atoms with Crippen LogP contribution in [0.2, 0.25) is 0 Å². The van der Waals surface area contributed by atoms with Crippen molar-refractivity contribution in [2.75, 3.05) is 6.61 Å². The Morgan fingerprint density at radius 3 is 2.57 bits per heavy atom. The van der Waals surface area contributed by atoms with Gasteiger partial charge in [0, 0.05) is 11.0 Å². The molecule has 23 heavy (non-hydrogen) atoms. The molecule has 6 heteroatoms. The highest BCUT2D eigenvalue weighted by Crippen LogP contribution is 2.39. The molecular weight excluding hydrogens is 293 g/mol. The van der Waals surface area contributed by atoms with E-state index in [0.29, 0.717) is 6.61 Å². The lowest BCUT2D eigenvalue weighted by Crippen LogP contribution is -2.41. The Bertz CT molecular complexity index is 640. The zero-order valence-electron chi connectivity index (χ0n) is 14.0. The molecule has 1 unspecified atom stereocenters. The monoisotopic (exact) mass is 315 g/mol. The lowest BCUT2D eigenvalue weighted by Gasteiger charge is -2.32. The van der Waals surface area contributed by atoms with E-state index >= 15 is 0 Å². The highest BCUT2D eigenvalue weighted by molar-refractivity contribution is 6.63. The minimum atomic E-state index is -0.483. The van der Waals surface area contributed by atoms with Gasteiger partial charge in [-0.1, -0.05) is 24.8 Å². The summed E-state index contributed by atoms with van der Waals surface area (Å²) in [4.78, 5) is 11.6. The maximum absolute atomic E-state index is 11.6. The van der Waals surface area contributed by atoms with Crippen LogP contribution in [-0.2, 0) is 14.1 Å². The Hall–Kier alpha value is -1.79. The minimum Gasteiger partial charge on any atom is -0.491 e. The Kier molecular flexibility index (Phi) is 3.77. The van der Waals surface area contributed by atoms with E-state index in [4.69, 9.17) is 14.0 Å². The van der Waals surface area contributed by atoms with Crippen molar-refractivity contribution in [1.29, 1.82) is 0 Å². The molecule has 1 fully saturated rings. The van der Waals surface area contributed by atoms with E-state index in [-0.39, 0.29) is 11.9 Å². The van der Waals surface area contributed by atoms with Gasteiger partial charge >= 0.3 is 7.12 Å². The third-order valence-corrected chi connectivity index (χ3v) is 4.85. The van der Waals surface area contributed by atoms with Gasteiger partial charge in [0.05, 0.1) is 17.2 Å². The number of benzene rings is 1. The quantitative estimate of drug-likeness (QED) is 0.682. The predicted molar refractivity (Wildman–Crippen MR) is 88.7 cm³/mol. The summed E-state index contributed by atoms with van der Waals surface area (Å²) in [6.45, 7) is 11.9. The van der Waals surface area contributed by atoms with Gasteiger partial charge < -0.3 is 19.4 Å². The zero-order chi connectivity index (χ0) is 16.8. The molecule has 0 aliphatic carbocycles. The summed E-state index contributed by atoms with van der Waals surface area (Å²) in [6, 6.07) is 5.64. The van der Waals surface area contributed by atoms with Gasteiger partial charge in [-0.25, -0.2) is 0 Å². The molecule has 122 valence electrons. The van der Waals surface area contributed by atoms with Crippen molar-refractivity contribution in [2.45, 2.75) is 44.9 Å². The fourth-order valence-electron chi connectivity index (χ4n) is 2.78. The Morgan fingerprint density at radius 1 is 1.30 bits per heavy atom. The molecule has 0 bridgehead atoms. The zero-order valence-corrected chi connectivity index (χ0v) is 14.0. The first-order chi connectivity index (χ1) is 10.7. The SMILES string of the molecule is C=CC(=O)NC1COc2c(B3OC(C)(C)C(C)(C)O3)cccc21. The minimum absolute atomic E-state index is 0.183. The maximum atomic E-state index is 11.6. The largest absolute Gasteiger partial charge is 0.498 e. The van der Waals surface area contributed by atoms with Crippen LogP contribution in [0, 0.1) is 0 Å². The van der Waals surface area contributed by atoms with Crippen LogP contribution in [0.3, 0.4) is 0 Å². The molecule has 1 aromatic rings. The van der Waals surface area contributed by atoms with Gasteiger partial charge in [-0.05, 0) is 33.8 Å². The molecule has 1 aromatic carbocycles. The van der Waals surface area contributed by atoms with Crippen LogP contribution >= 0.6 is 0 Å². The maximum Gasteiger partial charge on any atom is 0.498 e. The smallest absolute Gasteiger partial charge is 0.491 e. The molecule has 0 aromatic heterocycles. The number of para-hydroxylation sites is 1. The van der Waals surface area contributed by atoms with Crippen molar-refractivity contribution in [1.82, 2.24) is 5.32 Å². The number of amides is 1. The van der Waals surface area contributed by atoms with E-state index in [2.05, 4.69) is 11.9 Å². The molecule has 2 aliphatic heterocycles. The first-order valence-electron chi connectivity index (χ1n) is 7.79. The van der Waals surface area contributed by atoms with Crippen LogP contribution in [0.25, 0.3) is 0 Å². The van der Waals surface area contributed by atoms with Gasteiger partial charge in [0.25, 0.3) is 0 Å². The molecule has 0 saturated carbocycles. The molecule has 3 rings (SSSR count). The van der Waals surface area contributed by atoms with Crippen molar-refractivity contribution in [3.05, 3.63) is 36.4 Å². The van der Waals surface area contributed by atoms with Crippen molar-refractivity contribution in [2.24, 2.45) is 0 Å². The number of rotatable bonds is 3. The molecule has 1 N–H and O–H groups in total. The third kappa shape index (κ3) is 2.66. The molecule has 2 heterocycles. The summed E-state index contributed by atoms with van der Waals surface area (Å²) in [5, 5.41) is 2.87. The normalized spacial score (nSPS) is 24.0. The molecule has 1 amide bonds. The van der Waals surface area contributed by atoms with Gasteiger partial charge in [0.2, 0.25) is 5.91 Å². The number of hydrogen-bond acceptors (Lipinski definition) is 4. The Labute approximate surface area is 137 Å². The summed E-state index contributed by atoms with van der Waals surface area (Å²) >= 11 is 0. The molecule has 5 nitrogen and oxygen atoms in total. The lowest BCUT2D eigenvalue weighted by atomic mass is 9.77. The van der Waals surface area contributed by atoms with Crippen molar-refractivity contribution in [3.8, 4) is 5.75 Å². The molecular formula is C17H22BNO4. The number of ether oxygens (including phenoxy) is 1. The Morgan fingerprint density at radius 2 is 1.96 bits per heavy atom. The van der Waals surface area contributed by atoms with Gasteiger partial charge in [0.15, 0.2) is 0 Å². The number of fused-ring (bicyclic) bond motifs is 1. The van der Waals surface area contributed by atoms with E-state index in [1.807, 2.05) is 45.9 Å². The average molecular weight is 315 g/mol. The van der Waals surface area contributed by atoms with Crippen LogP contribution in [0.5, 0.6) is 5.75 Å². The first-order valence-corrected chi connectivity index (χ1v) is 7.79. The standard InChI is InChI=1S/C17H22BNO4/c1-6-14(20)19-13-10-21-15-11(13)8-7-9-12(15)18-22-16(2,3)17(4,5)23-18/h6-9,13H,1,10H2,2-5H3,(H,19,20). The second-order valence-electron chi connectivity index (χ2n) is 6.93. The molecule has 0 radical (unpaired) electrons.